The molecule has 0 fully saturated rings. The van der Waals surface area contributed by atoms with Crippen LogP contribution in [0.5, 0.6) is 5.75 Å². The first-order chi connectivity index (χ1) is 12.8. The fourth-order valence-electron chi connectivity index (χ4n) is 1.99. The van der Waals surface area contributed by atoms with Crippen LogP contribution in [0.3, 0.4) is 0 Å². The molecule has 2 aromatic rings. The van der Waals surface area contributed by atoms with Gasteiger partial charge in [0.1, 0.15) is 5.75 Å². The summed E-state index contributed by atoms with van der Waals surface area (Å²) in [7, 11) is -5.81. The van der Waals surface area contributed by atoms with E-state index in [1.165, 1.54) is 19.2 Å². The Morgan fingerprint density at radius 2 is 1.57 bits per heavy atom. The minimum absolute atomic E-state index is 0.00108. The number of halogens is 3. The number of anilines is 1. The number of hydrogen-bond donors (Lipinski definition) is 1. The first-order valence-corrected chi connectivity index (χ1v) is 10.3. The summed E-state index contributed by atoms with van der Waals surface area (Å²) in [4.78, 5) is 4.01. The second-order valence-corrected chi connectivity index (χ2v) is 8.87. The molecule has 0 unspecified atom stereocenters. The molecule has 0 atom stereocenters. The van der Waals surface area contributed by atoms with Crippen LogP contribution in [0.25, 0.3) is 0 Å². The lowest BCUT2D eigenvalue weighted by molar-refractivity contribution is -0.274. The molecule has 2 rings (SSSR count). The van der Waals surface area contributed by atoms with E-state index in [0.717, 1.165) is 37.4 Å². The molecule has 13 heteroatoms. The molecule has 0 aromatic heterocycles. The van der Waals surface area contributed by atoms with Crippen LogP contribution >= 0.6 is 0 Å². The Balaban J connectivity index is 2.24. The van der Waals surface area contributed by atoms with Crippen LogP contribution in [0.1, 0.15) is 0 Å². The van der Waals surface area contributed by atoms with E-state index in [9.17, 15) is 30.0 Å². The van der Waals surface area contributed by atoms with Crippen LogP contribution in [0, 0.1) is 0 Å². The van der Waals surface area contributed by atoms with Crippen molar-refractivity contribution in [3.8, 4) is 5.75 Å². The third kappa shape index (κ3) is 5.34. The number of rotatable bonds is 7. The van der Waals surface area contributed by atoms with E-state index in [1.54, 1.807) is 0 Å². The van der Waals surface area contributed by atoms with Crippen LogP contribution in [-0.2, 0) is 24.9 Å². The molecular formula is C15H15F3N2O6S2. The normalized spacial score (nSPS) is 12.8. The van der Waals surface area contributed by atoms with Gasteiger partial charge in [-0.2, -0.15) is 0 Å². The maximum atomic E-state index is 12.4. The number of benzene rings is 2. The van der Waals surface area contributed by atoms with Crippen molar-refractivity contribution < 1.29 is 39.6 Å². The predicted octanol–water partition coefficient (Wildman–Crippen LogP) is 2.57. The topological polar surface area (TPSA) is 102 Å². The van der Waals surface area contributed by atoms with Crippen molar-refractivity contribution >= 4 is 25.7 Å². The van der Waals surface area contributed by atoms with Crippen molar-refractivity contribution in [2.75, 3.05) is 18.9 Å². The minimum Gasteiger partial charge on any atom is -0.406 e. The number of nitrogens with one attached hydrogen (secondary N) is 1. The zero-order valence-corrected chi connectivity index (χ0v) is 16.1. The molecular weight excluding hydrogens is 425 g/mol. The van der Waals surface area contributed by atoms with Crippen LogP contribution in [-0.4, -0.2) is 41.8 Å². The van der Waals surface area contributed by atoms with E-state index in [2.05, 4.69) is 14.3 Å². The van der Waals surface area contributed by atoms with E-state index in [0.29, 0.717) is 10.5 Å². The fourth-order valence-corrected chi connectivity index (χ4v) is 4.06. The minimum atomic E-state index is -4.97. The summed E-state index contributed by atoms with van der Waals surface area (Å²) in [6.07, 6.45) is -4.97. The monoisotopic (exact) mass is 440 g/mol. The largest absolute Gasteiger partial charge is 0.573 e. The number of hydroxylamine groups is 1. The summed E-state index contributed by atoms with van der Waals surface area (Å²) in [6.45, 7) is 0. The van der Waals surface area contributed by atoms with E-state index >= 15 is 0 Å². The molecule has 154 valence electrons. The summed E-state index contributed by atoms with van der Waals surface area (Å²) in [5, 5.41) is 0. The summed E-state index contributed by atoms with van der Waals surface area (Å²) in [5.41, 5.74) is 0.00108. The van der Waals surface area contributed by atoms with Gasteiger partial charge in [-0.05, 0) is 36.4 Å². The van der Waals surface area contributed by atoms with Gasteiger partial charge in [-0.25, -0.2) is 16.8 Å². The maximum Gasteiger partial charge on any atom is 0.573 e. The number of sulfonamides is 2. The molecule has 0 aliphatic carbocycles. The van der Waals surface area contributed by atoms with Crippen molar-refractivity contribution in [3.05, 3.63) is 48.5 Å². The van der Waals surface area contributed by atoms with Crippen molar-refractivity contribution in [1.82, 2.24) is 4.47 Å². The molecule has 0 spiro atoms. The number of nitrogens with zero attached hydrogens (tertiary/aromatic N) is 1. The lowest BCUT2D eigenvalue weighted by atomic mass is 10.3. The van der Waals surface area contributed by atoms with Gasteiger partial charge in [0.2, 0.25) is 0 Å². The van der Waals surface area contributed by atoms with Crippen molar-refractivity contribution in [3.63, 3.8) is 0 Å². The van der Waals surface area contributed by atoms with Gasteiger partial charge >= 0.3 is 6.36 Å². The standard InChI is InChI=1S/C15H15F3N2O6S2/c1-20(25-2)28(23,24)13-8-6-11(7-9-13)19-27(21,22)14-5-3-4-12(10-14)26-15(16,17)18/h3-10,19H,1-2H3. The highest BCUT2D eigenvalue weighted by Crippen LogP contribution is 2.26. The summed E-state index contributed by atoms with van der Waals surface area (Å²) >= 11 is 0. The molecule has 0 bridgehead atoms. The highest BCUT2D eigenvalue weighted by Gasteiger charge is 2.31. The molecule has 28 heavy (non-hydrogen) atoms. The highest BCUT2D eigenvalue weighted by molar-refractivity contribution is 7.92. The van der Waals surface area contributed by atoms with Crippen LogP contribution in [0.2, 0.25) is 0 Å². The summed E-state index contributed by atoms with van der Waals surface area (Å²) in [5.74, 6) is -0.695. The van der Waals surface area contributed by atoms with Gasteiger partial charge in [0, 0.05) is 18.8 Å². The molecule has 0 saturated carbocycles. The van der Waals surface area contributed by atoms with E-state index in [-0.39, 0.29) is 10.6 Å². The average Bonchev–Trinajstić information content (AvgIpc) is 2.60. The fraction of sp³-hybridized carbons (Fsp3) is 0.200. The molecule has 0 heterocycles. The van der Waals surface area contributed by atoms with Crippen LogP contribution < -0.4 is 9.46 Å². The lowest BCUT2D eigenvalue weighted by Gasteiger charge is -2.15. The van der Waals surface area contributed by atoms with Gasteiger partial charge in [0.15, 0.2) is 0 Å². The molecule has 0 radical (unpaired) electrons. The average molecular weight is 440 g/mol. The van der Waals surface area contributed by atoms with E-state index < -0.39 is 37.1 Å². The van der Waals surface area contributed by atoms with Crippen LogP contribution in [0.4, 0.5) is 18.9 Å². The Morgan fingerprint density at radius 3 is 2.11 bits per heavy atom. The van der Waals surface area contributed by atoms with E-state index in [1.807, 2.05) is 0 Å². The predicted molar refractivity (Wildman–Crippen MR) is 92.3 cm³/mol. The Hall–Kier alpha value is -2.35. The van der Waals surface area contributed by atoms with Gasteiger partial charge in [-0.15, -0.1) is 13.2 Å². The van der Waals surface area contributed by atoms with E-state index in [4.69, 9.17) is 0 Å². The summed E-state index contributed by atoms with van der Waals surface area (Å²) < 4.78 is 92.2. The first kappa shape index (κ1) is 21.9. The highest BCUT2D eigenvalue weighted by atomic mass is 32.2. The molecule has 2 aromatic carbocycles. The third-order valence-corrected chi connectivity index (χ3v) is 6.42. The zero-order valence-electron chi connectivity index (χ0n) is 14.5. The second-order valence-electron chi connectivity index (χ2n) is 5.25. The zero-order chi connectivity index (χ0) is 21.2. The molecule has 1 N–H and O–H groups in total. The Bertz CT molecular complexity index is 1040. The Kier molecular flexibility index (Phi) is 6.23. The number of alkyl halides is 3. The Labute approximate surface area is 159 Å². The quantitative estimate of drug-likeness (QED) is 0.664. The lowest BCUT2D eigenvalue weighted by Crippen LogP contribution is -2.25. The number of ether oxygens (including phenoxy) is 1. The molecule has 0 aliphatic heterocycles. The first-order valence-electron chi connectivity index (χ1n) is 7.37. The summed E-state index contributed by atoms with van der Waals surface area (Å²) in [6, 6.07) is 8.50. The third-order valence-electron chi connectivity index (χ3n) is 3.35. The van der Waals surface area contributed by atoms with Gasteiger partial charge in [-0.3, -0.25) is 9.56 Å². The maximum absolute atomic E-state index is 12.4. The second kappa shape index (κ2) is 7.95. The van der Waals surface area contributed by atoms with Crippen molar-refractivity contribution in [2.45, 2.75) is 16.2 Å². The van der Waals surface area contributed by atoms with Crippen LogP contribution in [0.15, 0.2) is 58.3 Å². The van der Waals surface area contributed by atoms with Gasteiger partial charge < -0.3 is 4.74 Å². The van der Waals surface area contributed by atoms with Crippen molar-refractivity contribution in [2.24, 2.45) is 0 Å². The number of hydrogen-bond acceptors (Lipinski definition) is 6. The molecule has 0 amide bonds. The van der Waals surface area contributed by atoms with Gasteiger partial charge in [0.05, 0.1) is 16.9 Å². The molecule has 8 nitrogen and oxygen atoms in total. The smallest absolute Gasteiger partial charge is 0.406 e. The molecule has 0 saturated heterocycles. The molecule has 0 aliphatic rings. The van der Waals surface area contributed by atoms with Crippen molar-refractivity contribution in [1.29, 1.82) is 0 Å². The van der Waals surface area contributed by atoms with Gasteiger partial charge in [0.25, 0.3) is 20.0 Å². The SMILES string of the molecule is CON(C)S(=O)(=O)c1ccc(NS(=O)(=O)c2cccc(OC(F)(F)F)c2)cc1. The Morgan fingerprint density at radius 1 is 0.964 bits per heavy atom. The van der Waals surface area contributed by atoms with Gasteiger partial charge in [-0.1, -0.05) is 10.5 Å².